The van der Waals surface area contributed by atoms with E-state index in [1.807, 2.05) is 24.3 Å². The molecule has 0 amide bonds. The van der Waals surface area contributed by atoms with E-state index in [1.54, 1.807) is 0 Å². The second-order valence-corrected chi connectivity index (χ2v) is 5.09. The average molecular weight is 263 g/mol. The summed E-state index contributed by atoms with van der Waals surface area (Å²) in [4.78, 5) is 10.9. The van der Waals surface area contributed by atoms with Crippen molar-refractivity contribution in [2.24, 2.45) is 0 Å². The second kappa shape index (κ2) is 4.71. The molecule has 5 heteroatoms. The SMILES string of the molecule is CN1CCC(Nc2nc(Cl)nc3ccccc23)C1. The molecular formula is C13H15ClN4. The Morgan fingerprint density at radius 2 is 2.17 bits per heavy atom. The summed E-state index contributed by atoms with van der Waals surface area (Å²) in [6.07, 6.45) is 1.13. The highest BCUT2D eigenvalue weighted by molar-refractivity contribution is 6.28. The zero-order valence-corrected chi connectivity index (χ0v) is 11.0. The van der Waals surface area contributed by atoms with Crippen LogP contribution in [0.1, 0.15) is 6.42 Å². The first-order valence-electron chi connectivity index (χ1n) is 6.10. The van der Waals surface area contributed by atoms with Gasteiger partial charge in [0.05, 0.1) is 5.52 Å². The molecule has 0 spiro atoms. The molecule has 1 N–H and O–H groups in total. The van der Waals surface area contributed by atoms with Gasteiger partial charge in [0.1, 0.15) is 5.82 Å². The number of aromatic nitrogens is 2. The monoisotopic (exact) mass is 262 g/mol. The Hall–Kier alpha value is -1.39. The summed E-state index contributed by atoms with van der Waals surface area (Å²) in [5.41, 5.74) is 0.881. The molecule has 1 unspecified atom stereocenters. The van der Waals surface area contributed by atoms with Gasteiger partial charge in [-0.05, 0) is 43.7 Å². The molecule has 1 aromatic heterocycles. The lowest BCUT2D eigenvalue weighted by Crippen LogP contribution is -2.24. The van der Waals surface area contributed by atoms with Crippen LogP contribution in [0.3, 0.4) is 0 Å². The van der Waals surface area contributed by atoms with E-state index < -0.39 is 0 Å². The number of likely N-dealkylation sites (N-methyl/N-ethyl adjacent to an activating group) is 1. The van der Waals surface area contributed by atoms with Crippen LogP contribution in [0.2, 0.25) is 5.28 Å². The van der Waals surface area contributed by atoms with Gasteiger partial charge >= 0.3 is 0 Å². The van der Waals surface area contributed by atoms with Gasteiger partial charge in [-0.25, -0.2) is 9.97 Å². The first-order valence-corrected chi connectivity index (χ1v) is 6.47. The lowest BCUT2D eigenvalue weighted by atomic mass is 10.2. The Kier molecular flexibility index (Phi) is 3.06. The zero-order valence-electron chi connectivity index (χ0n) is 10.2. The molecule has 1 saturated heterocycles. The van der Waals surface area contributed by atoms with Gasteiger partial charge in [0.15, 0.2) is 0 Å². The van der Waals surface area contributed by atoms with Gasteiger partial charge in [-0.15, -0.1) is 0 Å². The topological polar surface area (TPSA) is 41.0 Å². The molecule has 0 aliphatic carbocycles. The van der Waals surface area contributed by atoms with Gasteiger partial charge in [0.2, 0.25) is 5.28 Å². The Labute approximate surface area is 111 Å². The molecule has 94 valence electrons. The average Bonchev–Trinajstić information content (AvgIpc) is 2.74. The molecule has 1 aliphatic heterocycles. The normalized spacial score (nSPS) is 20.4. The molecule has 4 nitrogen and oxygen atoms in total. The van der Waals surface area contributed by atoms with Crippen LogP contribution in [-0.4, -0.2) is 41.0 Å². The van der Waals surface area contributed by atoms with Crippen LogP contribution in [0.5, 0.6) is 0 Å². The summed E-state index contributed by atoms with van der Waals surface area (Å²) in [6.45, 7) is 2.16. The first-order chi connectivity index (χ1) is 8.72. The molecule has 1 aromatic carbocycles. The van der Waals surface area contributed by atoms with Gasteiger partial charge in [-0.2, -0.15) is 0 Å². The number of benzene rings is 1. The van der Waals surface area contributed by atoms with E-state index in [9.17, 15) is 0 Å². The lowest BCUT2D eigenvalue weighted by molar-refractivity contribution is 0.414. The zero-order chi connectivity index (χ0) is 12.5. The van der Waals surface area contributed by atoms with E-state index in [2.05, 4.69) is 27.2 Å². The number of anilines is 1. The van der Waals surface area contributed by atoms with Crippen LogP contribution in [0, 0.1) is 0 Å². The van der Waals surface area contributed by atoms with Crippen LogP contribution < -0.4 is 5.32 Å². The highest BCUT2D eigenvalue weighted by Gasteiger charge is 2.20. The van der Waals surface area contributed by atoms with E-state index in [1.165, 1.54) is 0 Å². The number of hydrogen-bond donors (Lipinski definition) is 1. The van der Waals surface area contributed by atoms with Crippen molar-refractivity contribution in [3.8, 4) is 0 Å². The molecular weight excluding hydrogens is 248 g/mol. The summed E-state index contributed by atoms with van der Waals surface area (Å²) < 4.78 is 0. The van der Waals surface area contributed by atoms with E-state index in [4.69, 9.17) is 11.6 Å². The van der Waals surface area contributed by atoms with Crippen molar-refractivity contribution in [2.45, 2.75) is 12.5 Å². The van der Waals surface area contributed by atoms with Crippen molar-refractivity contribution in [1.29, 1.82) is 0 Å². The number of rotatable bonds is 2. The maximum Gasteiger partial charge on any atom is 0.224 e. The second-order valence-electron chi connectivity index (χ2n) is 4.75. The van der Waals surface area contributed by atoms with Crippen LogP contribution in [0.15, 0.2) is 24.3 Å². The molecule has 1 aliphatic rings. The smallest absolute Gasteiger partial charge is 0.224 e. The third-order valence-corrected chi connectivity index (χ3v) is 3.48. The summed E-state index contributed by atoms with van der Waals surface area (Å²) in [5, 5.41) is 4.80. The van der Waals surface area contributed by atoms with E-state index in [0.717, 1.165) is 36.2 Å². The number of fused-ring (bicyclic) bond motifs is 1. The van der Waals surface area contributed by atoms with Gasteiger partial charge in [0.25, 0.3) is 0 Å². The van der Waals surface area contributed by atoms with Gasteiger partial charge < -0.3 is 10.2 Å². The van der Waals surface area contributed by atoms with Crippen molar-refractivity contribution in [1.82, 2.24) is 14.9 Å². The van der Waals surface area contributed by atoms with Gasteiger partial charge in [-0.1, -0.05) is 12.1 Å². The molecule has 18 heavy (non-hydrogen) atoms. The standard InChI is InChI=1S/C13H15ClN4/c1-18-7-6-9(8-18)15-12-10-4-2-3-5-11(10)16-13(14)17-12/h2-5,9H,6-8H2,1H3,(H,15,16,17). The van der Waals surface area contributed by atoms with E-state index in [-0.39, 0.29) is 0 Å². The predicted octanol–water partition coefficient (Wildman–Crippen LogP) is 2.40. The van der Waals surface area contributed by atoms with Crippen molar-refractivity contribution in [3.63, 3.8) is 0 Å². The molecule has 2 heterocycles. The van der Waals surface area contributed by atoms with Crippen molar-refractivity contribution in [2.75, 3.05) is 25.5 Å². The number of nitrogens with zero attached hydrogens (tertiary/aromatic N) is 3. The van der Waals surface area contributed by atoms with Crippen LogP contribution in [0.25, 0.3) is 10.9 Å². The maximum atomic E-state index is 5.97. The molecule has 2 aromatic rings. The fourth-order valence-corrected chi connectivity index (χ4v) is 2.58. The van der Waals surface area contributed by atoms with Crippen LogP contribution >= 0.6 is 11.6 Å². The summed E-state index contributed by atoms with van der Waals surface area (Å²) in [6, 6.07) is 8.36. The minimum absolute atomic E-state index is 0.294. The van der Waals surface area contributed by atoms with E-state index >= 15 is 0 Å². The molecule has 1 fully saturated rings. The Morgan fingerprint density at radius 3 is 2.94 bits per heavy atom. The quantitative estimate of drug-likeness (QED) is 0.844. The van der Waals surface area contributed by atoms with Gasteiger partial charge in [-0.3, -0.25) is 0 Å². The largest absolute Gasteiger partial charge is 0.365 e. The van der Waals surface area contributed by atoms with Crippen LogP contribution in [0.4, 0.5) is 5.82 Å². The number of hydrogen-bond acceptors (Lipinski definition) is 4. The van der Waals surface area contributed by atoms with Gasteiger partial charge in [0, 0.05) is 18.0 Å². The molecule has 3 rings (SSSR count). The van der Waals surface area contributed by atoms with Crippen LogP contribution in [-0.2, 0) is 0 Å². The molecule has 0 radical (unpaired) electrons. The molecule has 0 saturated carbocycles. The maximum absolute atomic E-state index is 5.97. The highest BCUT2D eigenvalue weighted by atomic mass is 35.5. The Morgan fingerprint density at radius 1 is 1.33 bits per heavy atom. The molecule has 0 bridgehead atoms. The fraction of sp³-hybridized carbons (Fsp3) is 0.385. The minimum atomic E-state index is 0.294. The summed E-state index contributed by atoms with van der Waals surface area (Å²) in [5.74, 6) is 0.839. The van der Waals surface area contributed by atoms with E-state index in [0.29, 0.717) is 11.3 Å². The Balaban J connectivity index is 1.95. The third kappa shape index (κ3) is 2.26. The van der Waals surface area contributed by atoms with Crippen molar-refractivity contribution < 1.29 is 0 Å². The fourth-order valence-electron chi connectivity index (χ4n) is 2.40. The Bertz CT molecular complexity index is 572. The van der Waals surface area contributed by atoms with Crippen molar-refractivity contribution >= 4 is 28.3 Å². The molecule has 1 atom stereocenters. The number of halogens is 1. The summed E-state index contributed by atoms with van der Waals surface area (Å²) >= 11 is 5.97. The summed E-state index contributed by atoms with van der Waals surface area (Å²) in [7, 11) is 2.13. The van der Waals surface area contributed by atoms with Crippen molar-refractivity contribution in [3.05, 3.63) is 29.5 Å². The highest BCUT2D eigenvalue weighted by Crippen LogP contribution is 2.23. The number of nitrogens with one attached hydrogen (secondary N) is 1. The third-order valence-electron chi connectivity index (χ3n) is 3.31. The number of likely N-dealkylation sites (tertiary alicyclic amines) is 1. The minimum Gasteiger partial charge on any atom is -0.365 e. The first kappa shape index (κ1) is 11.7. The predicted molar refractivity (Wildman–Crippen MR) is 74.1 cm³/mol. The number of para-hydroxylation sites is 1. The lowest BCUT2D eigenvalue weighted by Gasteiger charge is -2.15.